The zero-order valence-corrected chi connectivity index (χ0v) is 13.0. The number of halogens is 2. The lowest BCUT2D eigenvalue weighted by molar-refractivity contribution is 0.400. The van der Waals surface area contributed by atoms with Gasteiger partial charge in [0.05, 0.1) is 11.5 Å². The lowest BCUT2D eigenvalue weighted by Gasteiger charge is -2.25. The Morgan fingerprint density at radius 2 is 2.00 bits per heavy atom. The molecule has 0 radical (unpaired) electrons. The molecular weight excluding hydrogens is 305 g/mol. The molecule has 1 fully saturated rings. The van der Waals surface area contributed by atoms with Crippen LogP contribution in [0.1, 0.15) is 24.9 Å². The fourth-order valence-electron chi connectivity index (χ4n) is 2.62. The maximum absolute atomic E-state index is 11.7. The van der Waals surface area contributed by atoms with Crippen molar-refractivity contribution < 1.29 is 8.42 Å². The summed E-state index contributed by atoms with van der Waals surface area (Å²) >= 11 is 12.5. The zero-order chi connectivity index (χ0) is 14.0. The van der Waals surface area contributed by atoms with Crippen LogP contribution in [-0.2, 0) is 9.84 Å². The van der Waals surface area contributed by atoms with E-state index in [2.05, 4.69) is 5.32 Å². The Balaban J connectivity index is 2.36. The highest BCUT2D eigenvalue weighted by atomic mass is 35.5. The highest BCUT2D eigenvalue weighted by Gasteiger charge is 2.35. The Morgan fingerprint density at radius 1 is 1.37 bits per heavy atom. The first-order chi connectivity index (χ1) is 8.94. The third-order valence-electron chi connectivity index (χ3n) is 3.47. The maximum atomic E-state index is 11.7. The quantitative estimate of drug-likeness (QED) is 0.927. The molecule has 0 bridgehead atoms. The molecule has 0 spiro atoms. The van der Waals surface area contributed by atoms with Crippen molar-refractivity contribution in [2.75, 3.05) is 18.1 Å². The molecule has 0 amide bonds. The van der Waals surface area contributed by atoms with Crippen LogP contribution in [0.15, 0.2) is 18.2 Å². The molecule has 0 aromatic heterocycles. The van der Waals surface area contributed by atoms with Crippen LogP contribution in [0, 0.1) is 5.92 Å². The fourth-order valence-corrected chi connectivity index (χ4v) is 5.09. The second-order valence-electron chi connectivity index (χ2n) is 4.83. The van der Waals surface area contributed by atoms with Crippen molar-refractivity contribution in [1.82, 2.24) is 5.32 Å². The van der Waals surface area contributed by atoms with Gasteiger partial charge in [-0.15, -0.1) is 0 Å². The summed E-state index contributed by atoms with van der Waals surface area (Å²) in [5.41, 5.74) is 0.815. The van der Waals surface area contributed by atoms with Crippen molar-refractivity contribution in [2.45, 2.75) is 19.4 Å². The van der Waals surface area contributed by atoms with E-state index in [0.29, 0.717) is 16.5 Å². The minimum atomic E-state index is -2.92. The predicted molar refractivity (Wildman–Crippen MR) is 79.6 cm³/mol. The second-order valence-corrected chi connectivity index (χ2v) is 7.88. The Labute approximate surface area is 124 Å². The van der Waals surface area contributed by atoms with E-state index >= 15 is 0 Å². The average molecular weight is 322 g/mol. The van der Waals surface area contributed by atoms with Gasteiger partial charge in [-0.3, -0.25) is 0 Å². The van der Waals surface area contributed by atoms with Gasteiger partial charge in [-0.1, -0.05) is 36.2 Å². The molecule has 1 aromatic carbocycles. The smallest absolute Gasteiger partial charge is 0.150 e. The lowest BCUT2D eigenvalue weighted by Crippen LogP contribution is -2.29. The number of sulfone groups is 1. The van der Waals surface area contributed by atoms with Crippen molar-refractivity contribution in [3.8, 4) is 0 Å². The summed E-state index contributed by atoms with van der Waals surface area (Å²) in [5.74, 6) is 0.482. The third kappa shape index (κ3) is 3.43. The van der Waals surface area contributed by atoms with Gasteiger partial charge >= 0.3 is 0 Å². The molecule has 2 unspecified atom stereocenters. The molecule has 1 N–H and O–H groups in total. The Morgan fingerprint density at radius 3 is 2.47 bits per heavy atom. The monoisotopic (exact) mass is 321 g/mol. The van der Waals surface area contributed by atoms with Gasteiger partial charge < -0.3 is 5.32 Å². The van der Waals surface area contributed by atoms with Crippen LogP contribution in [0.25, 0.3) is 0 Å². The van der Waals surface area contributed by atoms with Crippen LogP contribution in [0.5, 0.6) is 0 Å². The van der Waals surface area contributed by atoms with Gasteiger partial charge in [0.15, 0.2) is 9.84 Å². The Hall–Kier alpha value is -0.290. The van der Waals surface area contributed by atoms with E-state index < -0.39 is 9.84 Å². The van der Waals surface area contributed by atoms with Gasteiger partial charge in [0.1, 0.15) is 0 Å². The van der Waals surface area contributed by atoms with Crippen molar-refractivity contribution in [3.05, 3.63) is 33.8 Å². The Kier molecular flexibility index (Phi) is 4.77. The number of hydrogen-bond acceptors (Lipinski definition) is 3. The SMILES string of the molecule is CCNC(c1c(Cl)cccc1Cl)C1CCS(=O)(=O)C1. The number of hydrogen-bond donors (Lipinski definition) is 1. The first-order valence-corrected chi connectivity index (χ1v) is 8.90. The molecule has 2 rings (SSSR count). The molecule has 3 nitrogen and oxygen atoms in total. The van der Waals surface area contributed by atoms with E-state index in [9.17, 15) is 8.42 Å². The van der Waals surface area contributed by atoms with Gasteiger partial charge in [0.2, 0.25) is 0 Å². The predicted octanol–water partition coefficient (Wildman–Crippen LogP) is 3.08. The summed E-state index contributed by atoms with van der Waals surface area (Å²) in [4.78, 5) is 0. The van der Waals surface area contributed by atoms with E-state index in [4.69, 9.17) is 23.2 Å². The van der Waals surface area contributed by atoms with E-state index in [1.165, 1.54) is 0 Å². The van der Waals surface area contributed by atoms with E-state index in [1.807, 2.05) is 6.92 Å². The first-order valence-electron chi connectivity index (χ1n) is 6.32. The summed E-state index contributed by atoms with van der Waals surface area (Å²) in [6.45, 7) is 2.73. The van der Waals surface area contributed by atoms with Crippen LogP contribution in [-0.4, -0.2) is 26.5 Å². The number of benzene rings is 1. The minimum absolute atomic E-state index is 0.0300. The first kappa shape index (κ1) is 15.1. The summed E-state index contributed by atoms with van der Waals surface area (Å²) in [7, 11) is -2.92. The summed E-state index contributed by atoms with van der Waals surface area (Å²) < 4.78 is 23.3. The third-order valence-corrected chi connectivity index (χ3v) is 5.93. The average Bonchev–Trinajstić information content (AvgIpc) is 2.68. The number of nitrogens with one attached hydrogen (secondary N) is 1. The molecule has 106 valence electrons. The van der Waals surface area contributed by atoms with Crippen LogP contribution >= 0.6 is 23.2 Å². The molecule has 1 aliphatic heterocycles. The maximum Gasteiger partial charge on any atom is 0.150 e. The van der Waals surface area contributed by atoms with Crippen molar-refractivity contribution in [1.29, 1.82) is 0 Å². The van der Waals surface area contributed by atoms with Crippen LogP contribution < -0.4 is 5.32 Å². The van der Waals surface area contributed by atoms with Crippen molar-refractivity contribution in [3.63, 3.8) is 0 Å². The largest absolute Gasteiger partial charge is 0.310 e. The zero-order valence-electron chi connectivity index (χ0n) is 10.7. The molecule has 1 aliphatic rings. The molecular formula is C13H17Cl2NO2S. The normalized spacial score (nSPS) is 23.4. The molecule has 19 heavy (non-hydrogen) atoms. The molecule has 0 aliphatic carbocycles. The van der Waals surface area contributed by atoms with Gasteiger partial charge in [0.25, 0.3) is 0 Å². The highest BCUT2D eigenvalue weighted by Crippen LogP contribution is 2.38. The molecule has 1 aromatic rings. The molecule has 1 saturated heterocycles. The molecule has 0 saturated carbocycles. The summed E-state index contributed by atoms with van der Waals surface area (Å²) in [6, 6.07) is 5.26. The Bertz CT molecular complexity index is 540. The van der Waals surface area contributed by atoms with Crippen molar-refractivity contribution >= 4 is 33.0 Å². The topological polar surface area (TPSA) is 46.2 Å². The molecule has 2 atom stereocenters. The van der Waals surface area contributed by atoms with Crippen LogP contribution in [0.2, 0.25) is 10.0 Å². The van der Waals surface area contributed by atoms with E-state index in [0.717, 1.165) is 12.1 Å². The molecule has 1 heterocycles. The van der Waals surface area contributed by atoms with Gasteiger partial charge in [0, 0.05) is 21.7 Å². The highest BCUT2D eigenvalue weighted by molar-refractivity contribution is 7.91. The molecule has 6 heteroatoms. The number of rotatable bonds is 4. The van der Waals surface area contributed by atoms with Crippen LogP contribution in [0.4, 0.5) is 0 Å². The van der Waals surface area contributed by atoms with E-state index in [1.54, 1.807) is 18.2 Å². The van der Waals surface area contributed by atoms with Gasteiger partial charge in [-0.25, -0.2) is 8.42 Å². The minimum Gasteiger partial charge on any atom is -0.310 e. The van der Waals surface area contributed by atoms with Gasteiger partial charge in [-0.2, -0.15) is 0 Å². The van der Waals surface area contributed by atoms with Crippen molar-refractivity contribution in [2.24, 2.45) is 5.92 Å². The standard InChI is InChI=1S/C13H17Cl2NO2S/c1-2-16-13(9-6-7-19(17,18)8-9)12-10(14)4-3-5-11(12)15/h3-5,9,13,16H,2,6-8H2,1H3. The summed E-state index contributed by atoms with van der Waals surface area (Å²) in [6.07, 6.45) is 0.654. The van der Waals surface area contributed by atoms with Gasteiger partial charge in [-0.05, 0) is 31.0 Å². The van der Waals surface area contributed by atoms with E-state index in [-0.39, 0.29) is 23.5 Å². The van der Waals surface area contributed by atoms with Crippen LogP contribution in [0.3, 0.4) is 0 Å². The fraction of sp³-hybridized carbons (Fsp3) is 0.538. The lowest BCUT2D eigenvalue weighted by atomic mass is 9.92. The second kappa shape index (κ2) is 6.00. The summed E-state index contributed by atoms with van der Waals surface area (Å²) in [5, 5.41) is 4.50.